The van der Waals surface area contributed by atoms with E-state index >= 15 is 0 Å². The largest absolute Gasteiger partial charge is 0.523 e. The molecule has 4 nitrogen and oxygen atoms in total. The lowest BCUT2D eigenvalue weighted by Gasteiger charge is -2.40. The fourth-order valence-electron chi connectivity index (χ4n) is 0.929. The topological polar surface area (TPSA) is 63.6 Å². The summed E-state index contributed by atoms with van der Waals surface area (Å²) >= 11 is 0. The van der Waals surface area contributed by atoms with Crippen LogP contribution in [0.5, 0.6) is 0 Å². The van der Waals surface area contributed by atoms with E-state index in [1.165, 1.54) is 0 Å². The normalized spacial score (nSPS) is 16.7. The second-order valence-corrected chi connectivity index (χ2v) is 12.9. The summed E-state index contributed by atoms with van der Waals surface area (Å²) in [6.45, 7) is 8.21. The highest BCUT2D eigenvalue weighted by Crippen LogP contribution is 2.38. The van der Waals surface area contributed by atoms with Crippen molar-refractivity contribution in [2.75, 3.05) is 6.61 Å². The van der Waals surface area contributed by atoms with Crippen LogP contribution in [-0.4, -0.2) is 39.4 Å². The van der Waals surface area contributed by atoms with E-state index in [0.717, 1.165) is 0 Å². The minimum atomic E-state index is -5.64. The summed E-state index contributed by atoms with van der Waals surface area (Å²) in [5.41, 5.74) is -6.66. The Morgan fingerprint density at radius 1 is 1.22 bits per heavy atom. The van der Waals surface area contributed by atoms with Crippen LogP contribution in [0.4, 0.5) is 13.2 Å². The fraction of sp³-hybridized carbons (Fsp3) is 1.00. The molecule has 0 aliphatic heterocycles. The van der Waals surface area contributed by atoms with E-state index in [2.05, 4.69) is 4.18 Å². The first kappa shape index (κ1) is 17.9. The Balaban J connectivity index is 4.79. The highest BCUT2D eigenvalue weighted by molar-refractivity contribution is 7.87. The van der Waals surface area contributed by atoms with E-state index in [0.29, 0.717) is 0 Å². The molecule has 0 rings (SSSR count). The highest BCUT2D eigenvalue weighted by atomic mass is 32.2. The number of halogens is 3. The molecule has 1 atom stereocenters. The Morgan fingerprint density at radius 2 is 1.61 bits per heavy atom. The summed E-state index contributed by atoms with van der Waals surface area (Å²) in [6, 6.07) is 0. The van der Waals surface area contributed by atoms with Gasteiger partial charge in [-0.3, -0.25) is 4.18 Å². The van der Waals surface area contributed by atoms with Crippen LogP contribution >= 0.6 is 0 Å². The molecule has 0 saturated heterocycles. The molecule has 1 N–H and O–H groups in total. The summed E-state index contributed by atoms with van der Waals surface area (Å²) in [7, 11) is -8.00. The minimum Gasteiger partial charge on any atom is -0.394 e. The molecule has 110 valence electrons. The van der Waals surface area contributed by atoms with Crippen molar-refractivity contribution in [1.29, 1.82) is 0 Å². The van der Waals surface area contributed by atoms with Crippen molar-refractivity contribution in [3.63, 3.8) is 0 Å². The lowest BCUT2D eigenvalue weighted by Crippen LogP contribution is -2.52. The number of hydrogen-bond acceptors (Lipinski definition) is 4. The number of aliphatic hydroxyl groups excluding tert-OH is 1. The van der Waals surface area contributed by atoms with Gasteiger partial charge in [0.2, 0.25) is 0 Å². The number of rotatable bonds is 4. The maximum absolute atomic E-state index is 12.0. The smallest absolute Gasteiger partial charge is 0.394 e. The Bertz CT molecular complexity index is 384. The first-order valence-corrected chi connectivity index (χ1v) is 9.75. The zero-order chi connectivity index (χ0) is 15.0. The average molecular weight is 308 g/mol. The van der Waals surface area contributed by atoms with Gasteiger partial charge in [0.15, 0.2) is 0 Å². The Morgan fingerprint density at radius 3 is 1.89 bits per heavy atom. The first-order chi connectivity index (χ1) is 7.63. The van der Waals surface area contributed by atoms with Crippen molar-refractivity contribution < 1.29 is 30.9 Å². The summed E-state index contributed by atoms with van der Waals surface area (Å²) in [6.07, 6.45) is 0. The molecule has 0 heterocycles. The predicted molar refractivity (Wildman–Crippen MR) is 64.1 cm³/mol. The second-order valence-electron chi connectivity index (χ2n) is 5.67. The van der Waals surface area contributed by atoms with Gasteiger partial charge in [-0.1, -0.05) is 33.9 Å². The number of alkyl halides is 3. The van der Waals surface area contributed by atoms with Gasteiger partial charge in [-0.05, 0) is 5.04 Å². The predicted octanol–water partition coefficient (Wildman–Crippen LogP) is 2.26. The molecule has 0 aromatic carbocycles. The molecule has 0 aromatic heterocycles. The van der Waals surface area contributed by atoms with E-state index in [1.807, 2.05) is 20.8 Å². The van der Waals surface area contributed by atoms with Crippen LogP contribution in [0.2, 0.25) is 18.1 Å². The van der Waals surface area contributed by atoms with Gasteiger partial charge < -0.3 is 5.11 Å². The van der Waals surface area contributed by atoms with Crippen LogP contribution in [0, 0.1) is 0 Å². The quantitative estimate of drug-likeness (QED) is 0.491. The molecule has 0 aliphatic carbocycles. The van der Waals surface area contributed by atoms with E-state index in [4.69, 9.17) is 0 Å². The van der Waals surface area contributed by atoms with Gasteiger partial charge in [-0.15, -0.1) is 0 Å². The number of aliphatic hydroxyl groups is 1. The van der Waals surface area contributed by atoms with E-state index in [9.17, 15) is 26.7 Å². The molecular formula is C9H19F3O4SSi. The maximum Gasteiger partial charge on any atom is 0.523 e. The van der Waals surface area contributed by atoms with Gasteiger partial charge >= 0.3 is 15.6 Å². The minimum absolute atomic E-state index is 0.294. The summed E-state index contributed by atoms with van der Waals surface area (Å²) in [5.74, 6) is 0. The van der Waals surface area contributed by atoms with Gasteiger partial charge in [-0.2, -0.15) is 21.6 Å². The van der Waals surface area contributed by atoms with Crippen molar-refractivity contribution in [2.45, 2.75) is 50.1 Å². The van der Waals surface area contributed by atoms with Crippen molar-refractivity contribution in [3.8, 4) is 0 Å². The third-order valence-electron chi connectivity index (χ3n) is 3.43. The molecular weight excluding hydrogens is 289 g/mol. The van der Waals surface area contributed by atoms with Gasteiger partial charge in [0.25, 0.3) is 0 Å². The van der Waals surface area contributed by atoms with Gasteiger partial charge in [0.1, 0.15) is 0 Å². The zero-order valence-electron chi connectivity index (χ0n) is 11.0. The lowest BCUT2D eigenvalue weighted by molar-refractivity contribution is -0.0554. The standard InChI is InChI=1S/C9H19F3O4SSi/c1-8(2,3)18(4,5)7(13)6-16-17(14,15)9(10,11)12/h7,13H,6H2,1-5H3. The van der Waals surface area contributed by atoms with Crippen LogP contribution in [0.3, 0.4) is 0 Å². The van der Waals surface area contributed by atoms with Crippen molar-refractivity contribution in [3.05, 3.63) is 0 Å². The molecule has 0 aliphatic rings. The summed E-state index contributed by atoms with van der Waals surface area (Å²) < 4.78 is 61.3. The van der Waals surface area contributed by atoms with Gasteiger partial charge in [0.05, 0.1) is 20.4 Å². The third kappa shape index (κ3) is 3.94. The summed E-state index contributed by atoms with van der Waals surface area (Å²) in [4.78, 5) is 0. The van der Waals surface area contributed by atoms with Crippen molar-refractivity contribution in [2.24, 2.45) is 0 Å². The fourth-order valence-corrected chi connectivity index (χ4v) is 2.99. The van der Waals surface area contributed by atoms with Crippen LogP contribution < -0.4 is 0 Å². The van der Waals surface area contributed by atoms with Gasteiger partial charge in [0, 0.05) is 0 Å². The van der Waals surface area contributed by atoms with Crippen molar-refractivity contribution >= 4 is 18.2 Å². The number of hydrogen-bond donors (Lipinski definition) is 1. The molecule has 0 radical (unpaired) electrons. The van der Waals surface area contributed by atoms with Crippen LogP contribution in [0.15, 0.2) is 0 Å². The van der Waals surface area contributed by atoms with E-state index < -0.39 is 36.0 Å². The molecule has 0 fully saturated rings. The summed E-state index contributed by atoms with van der Waals surface area (Å²) in [5, 5.41) is 9.55. The molecule has 0 saturated carbocycles. The van der Waals surface area contributed by atoms with Crippen LogP contribution in [0.25, 0.3) is 0 Å². The zero-order valence-corrected chi connectivity index (χ0v) is 12.8. The SMILES string of the molecule is CC(C)(C)[Si](C)(C)C(O)COS(=O)(=O)C(F)(F)F. The van der Waals surface area contributed by atoms with E-state index in [-0.39, 0.29) is 5.04 Å². The van der Waals surface area contributed by atoms with Gasteiger partial charge in [-0.25, -0.2) is 0 Å². The third-order valence-corrected chi connectivity index (χ3v) is 10.1. The molecule has 1 unspecified atom stereocenters. The first-order valence-electron chi connectivity index (χ1n) is 5.26. The lowest BCUT2D eigenvalue weighted by atomic mass is 10.2. The highest BCUT2D eigenvalue weighted by Gasteiger charge is 2.49. The molecule has 0 bridgehead atoms. The maximum atomic E-state index is 12.0. The Labute approximate surface area is 106 Å². The molecule has 0 amide bonds. The second kappa shape index (κ2) is 5.10. The van der Waals surface area contributed by atoms with Crippen molar-refractivity contribution in [1.82, 2.24) is 0 Å². The van der Waals surface area contributed by atoms with E-state index in [1.54, 1.807) is 13.1 Å². The molecule has 9 heteroatoms. The monoisotopic (exact) mass is 308 g/mol. The Hall–Kier alpha value is -0.123. The molecule has 0 spiro atoms. The Kier molecular flexibility index (Phi) is 5.07. The molecule has 0 aromatic rings. The van der Waals surface area contributed by atoms with Crippen LogP contribution in [-0.2, 0) is 14.3 Å². The van der Waals surface area contributed by atoms with Crippen LogP contribution in [0.1, 0.15) is 20.8 Å². The average Bonchev–Trinajstić information content (AvgIpc) is 2.10. The molecule has 18 heavy (non-hydrogen) atoms.